The molecule has 0 aromatic heterocycles. The van der Waals surface area contributed by atoms with Gasteiger partial charge in [-0.15, -0.1) is 0 Å². The Kier molecular flexibility index (Phi) is 3.66. The van der Waals surface area contributed by atoms with Gasteiger partial charge in [0.25, 0.3) is 0 Å². The first-order chi connectivity index (χ1) is 9.18. The zero-order valence-electron chi connectivity index (χ0n) is 10.5. The molecule has 1 fully saturated rings. The van der Waals surface area contributed by atoms with Crippen LogP contribution in [0.1, 0.15) is 11.1 Å². The van der Waals surface area contributed by atoms with Crippen LogP contribution in [0.15, 0.2) is 53.0 Å². The molecule has 0 spiro atoms. The van der Waals surface area contributed by atoms with Crippen molar-refractivity contribution in [3.05, 3.63) is 69.2 Å². The van der Waals surface area contributed by atoms with E-state index in [2.05, 4.69) is 57.6 Å². The van der Waals surface area contributed by atoms with Crippen LogP contribution in [0.25, 0.3) is 0 Å². The second kappa shape index (κ2) is 5.28. The number of hydrogen-bond acceptors (Lipinski definition) is 1. The van der Waals surface area contributed by atoms with E-state index in [-0.39, 0.29) is 5.41 Å². The van der Waals surface area contributed by atoms with Crippen molar-refractivity contribution in [3.63, 3.8) is 0 Å². The van der Waals surface area contributed by atoms with E-state index in [0.717, 1.165) is 29.0 Å². The zero-order chi connectivity index (χ0) is 13.3. The van der Waals surface area contributed by atoms with Gasteiger partial charge in [0, 0.05) is 28.0 Å². The molecular formula is C16H15BrClN. The van der Waals surface area contributed by atoms with Gasteiger partial charge in [-0.1, -0.05) is 51.8 Å². The molecule has 0 saturated carbocycles. The normalized spacial score (nSPS) is 16.9. The van der Waals surface area contributed by atoms with Gasteiger partial charge in [-0.3, -0.25) is 0 Å². The quantitative estimate of drug-likeness (QED) is 0.886. The maximum absolute atomic E-state index is 6.08. The lowest BCUT2D eigenvalue weighted by molar-refractivity contribution is 0.274. The average molecular weight is 337 g/mol. The summed E-state index contributed by atoms with van der Waals surface area (Å²) < 4.78 is 1.14. The summed E-state index contributed by atoms with van der Waals surface area (Å²) in [6.07, 6.45) is 1.02. The number of benzene rings is 2. The van der Waals surface area contributed by atoms with Crippen molar-refractivity contribution < 1.29 is 0 Å². The molecule has 0 unspecified atom stereocenters. The molecule has 1 aliphatic rings. The number of hydrogen-bond donors (Lipinski definition) is 1. The summed E-state index contributed by atoms with van der Waals surface area (Å²) in [6.45, 7) is 2.05. The Labute approximate surface area is 127 Å². The predicted molar refractivity (Wildman–Crippen MR) is 83.8 cm³/mol. The molecule has 0 aliphatic carbocycles. The van der Waals surface area contributed by atoms with Gasteiger partial charge in [0.15, 0.2) is 0 Å². The molecule has 3 heteroatoms. The Balaban J connectivity index is 1.91. The lowest BCUT2D eigenvalue weighted by atomic mass is 9.71. The van der Waals surface area contributed by atoms with E-state index < -0.39 is 0 Å². The summed E-state index contributed by atoms with van der Waals surface area (Å²) in [5, 5.41) is 4.22. The van der Waals surface area contributed by atoms with Gasteiger partial charge in [-0.05, 0) is 41.8 Å². The molecule has 3 rings (SSSR count). The number of rotatable bonds is 3. The monoisotopic (exact) mass is 335 g/mol. The van der Waals surface area contributed by atoms with Gasteiger partial charge in [0.05, 0.1) is 0 Å². The van der Waals surface area contributed by atoms with Gasteiger partial charge in [-0.25, -0.2) is 0 Å². The third kappa shape index (κ3) is 2.71. The molecule has 0 bridgehead atoms. The predicted octanol–water partition coefficient (Wildman–Crippen LogP) is 4.19. The summed E-state index contributed by atoms with van der Waals surface area (Å²) in [5.74, 6) is 0. The number of halogens is 2. The van der Waals surface area contributed by atoms with Crippen LogP contribution < -0.4 is 5.32 Å². The Morgan fingerprint density at radius 3 is 2.53 bits per heavy atom. The van der Waals surface area contributed by atoms with Gasteiger partial charge in [0.1, 0.15) is 0 Å². The topological polar surface area (TPSA) is 12.0 Å². The van der Waals surface area contributed by atoms with Gasteiger partial charge in [-0.2, -0.15) is 0 Å². The van der Waals surface area contributed by atoms with Crippen LogP contribution in [-0.2, 0) is 11.8 Å². The highest BCUT2D eigenvalue weighted by molar-refractivity contribution is 9.10. The van der Waals surface area contributed by atoms with Crippen molar-refractivity contribution >= 4 is 27.5 Å². The van der Waals surface area contributed by atoms with Crippen LogP contribution in [0.5, 0.6) is 0 Å². The van der Waals surface area contributed by atoms with Crippen LogP contribution in [-0.4, -0.2) is 13.1 Å². The summed E-state index contributed by atoms with van der Waals surface area (Å²) in [5.41, 5.74) is 2.89. The molecule has 0 amide bonds. The number of nitrogens with one attached hydrogen (secondary N) is 1. The van der Waals surface area contributed by atoms with E-state index >= 15 is 0 Å². The summed E-state index contributed by atoms with van der Waals surface area (Å²) >= 11 is 9.65. The molecule has 2 aromatic rings. The van der Waals surface area contributed by atoms with E-state index in [9.17, 15) is 0 Å². The molecule has 19 heavy (non-hydrogen) atoms. The van der Waals surface area contributed by atoms with E-state index in [1.165, 1.54) is 11.1 Å². The minimum atomic E-state index is 0.203. The molecule has 1 aliphatic heterocycles. The van der Waals surface area contributed by atoms with Crippen LogP contribution in [0.4, 0.5) is 0 Å². The first-order valence-electron chi connectivity index (χ1n) is 6.39. The van der Waals surface area contributed by atoms with E-state index in [0.29, 0.717) is 0 Å². The molecule has 98 valence electrons. The first-order valence-corrected chi connectivity index (χ1v) is 7.56. The SMILES string of the molecule is Clc1cccc(CC2(c3cccc(Br)c3)CNC2)c1. The Hall–Kier alpha value is -0.830. The minimum absolute atomic E-state index is 0.203. The second-order valence-electron chi connectivity index (χ2n) is 5.20. The van der Waals surface area contributed by atoms with Crippen molar-refractivity contribution in [1.29, 1.82) is 0 Å². The molecule has 2 aromatic carbocycles. The lowest BCUT2D eigenvalue weighted by Crippen LogP contribution is -2.58. The van der Waals surface area contributed by atoms with Crippen molar-refractivity contribution in [2.75, 3.05) is 13.1 Å². The smallest absolute Gasteiger partial charge is 0.0408 e. The lowest BCUT2D eigenvalue weighted by Gasteiger charge is -2.43. The highest BCUT2D eigenvalue weighted by Crippen LogP contribution is 2.34. The fourth-order valence-electron chi connectivity index (χ4n) is 2.71. The van der Waals surface area contributed by atoms with Crippen LogP contribution in [0.2, 0.25) is 5.02 Å². The fraction of sp³-hybridized carbons (Fsp3) is 0.250. The Morgan fingerprint density at radius 1 is 1.11 bits per heavy atom. The van der Waals surface area contributed by atoms with Gasteiger partial charge in [0.2, 0.25) is 0 Å². The van der Waals surface area contributed by atoms with Crippen molar-refractivity contribution in [3.8, 4) is 0 Å². The molecule has 1 nitrogen and oxygen atoms in total. The molecular weight excluding hydrogens is 322 g/mol. The first kappa shape index (κ1) is 13.2. The fourth-order valence-corrected chi connectivity index (χ4v) is 3.33. The second-order valence-corrected chi connectivity index (χ2v) is 6.55. The van der Waals surface area contributed by atoms with Crippen molar-refractivity contribution in [2.45, 2.75) is 11.8 Å². The van der Waals surface area contributed by atoms with Gasteiger partial charge < -0.3 is 5.32 Å². The largest absolute Gasteiger partial charge is 0.315 e. The third-order valence-electron chi connectivity index (χ3n) is 3.80. The Morgan fingerprint density at radius 2 is 1.89 bits per heavy atom. The average Bonchev–Trinajstić information content (AvgIpc) is 2.34. The maximum atomic E-state index is 6.08. The van der Waals surface area contributed by atoms with Crippen LogP contribution in [0, 0.1) is 0 Å². The standard InChI is InChI=1S/C16H15BrClN/c17-14-5-2-4-13(8-14)16(10-19-11-16)9-12-3-1-6-15(18)7-12/h1-8,19H,9-11H2. The minimum Gasteiger partial charge on any atom is -0.315 e. The van der Waals surface area contributed by atoms with E-state index in [1.54, 1.807) is 0 Å². The van der Waals surface area contributed by atoms with Crippen LogP contribution >= 0.6 is 27.5 Å². The van der Waals surface area contributed by atoms with E-state index in [1.807, 2.05) is 12.1 Å². The van der Waals surface area contributed by atoms with Gasteiger partial charge >= 0.3 is 0 Å². The van der Waals surface area contributed by atoms with E-state index in [4.69, 9.17) is 11.6 Å². The summed E-state index contributed by atoms with van der Waals surface area (Å²) in [7, 11) is 0. The zero-order valence-corrected chi connectivity index (χ0v) is 12.8. The molecule has 1 N–H and O–H groups in total. The maximum Gasteiger partial charge on any atom is 0.0408 e. The molecule has 0 radical (unpaired) electrons. The molecule has 0 atom stereocenters. The van der Waals surface area contributed by atoms with Crippen molar-refractivity contribution in [1.82, 2.24) is 5.32 Å². The summed E-state index contributed by atoms with van der Waals surface area (Å²) in [4.78, 5) is 0. The highest BCUT2D eigenvalue weighted by atomic mass is 79.9. The third-order valence-corrected chi connectivity index (χ3v) is 4.52. The van der Waals surface area contributed by atoms with Crippen molar-refractivity contribution in [2.24, 2.45) is 0 Å². The molecule has 1 saturated heterocycles. The Bertz CT molecular complexity index is 593. The summed E-state index contributed by atoms with van der Waals surface area (Å²) in [6, 6.07) is 16.8. The van der Waals surface area contributed by atoms with Crippen LogP contribution in [0.3, 0.4) is 0 Å². The highest BCUT2D eigenvalue weighted by Gasteiger charge is 2.38. The molecule has 1 heterocycles.